The minimum atomic E-state index is -4.39. The molecule has 1 saturated heterocycles. The second kappa shape index (κ2) is 14.0. The molecule has 0 saturated carbocycles. The Morgan fingerprint density at radius 1 is 0.925 bits per heavy atom. The molecule has 1 aliphatic rings. The number of hydrogen-bond donors (Lipinski definition) is 3. The van der Waals surface area contributed by atoms with Crippen LogP contribution in [0.15, 0.2) is 85.2 Å². The molecule has 3 aromatic rings. The van der Waals surface area contributed by atoms with Crippen LogP contribution in [-0.4, -0.2) is 57.1 Å². The van der Waals surface area contributed by atoms with E-state index in [1.807, 2.05) is 12.3 Å². The number of likely N-dealkylation sites (tertiary alicyclic amines) is 1. The van der Waals surface area contributed by atoms with Gasteiger partial charge in [0.1, 0.15) is 0 Å². The maximum Gasteiger partial charge on any atom is 0.416 e. The van der Waals surface area contributed by atoms with Crippen molar-refractivity contribution in [2.24, 2.45) is 0 Å². The number of benzene rings is 2. The van der Waals surface area contributed by atoms with E-state index in [0.29, 0.717) is 28.8 Å². The number of carbonyl (C=O) groups excluding carboxylic acids is 1. The van der Waals surface area contributed by atoms with E-state index in [9.17, 15) is 27.6 Å². The van der Waals surface area contributed by atoms with Crippen LogP contribution < -0.4 is 5.32 Å². The summed E-state index contributed by atoms with van der Waals surface area (Å²) < 4.78 is 38.6. The molecule has 0 spiro atoms. The molecule has 1 aromatic heterocycles. The fraction of sp³-hybridized carbons (Fsp3) is 0.241. The van der Waals surface area contributed by atoms with Gasteiger partial charge in [-0.3, -0.25) is 14.7 Å². The topological polar surface area (TPSA) is 120 Å². The highest BCUT2D eigenvalue weighted by Crippen LogP contribution is 2.32. The molecule has 0 unspecified atom stereocenters. The SMILES string of the molecule is O=C(NC1CCN(Cc2cccnc2)CC1)c1ccccc1-c1ccc(C(F)(F)F)cc1.O=C(O)C=CC(=O)O. The van der Waals surface area contributed by atoms with Gasteiger partial charge >= 0.3 is 18.1 Å². The van der Waals surface area contributed by atoms with Gasteiger partial charge in [-0.1, -0.05) is 36.4 Å². The zero-order chi connectivity index (χ0) is 29.1. The van der Waals surface area contributed by atoms with E-state index in [1.54, 1.807) is 30.5 Å². The predicted octanol–water partition coefficient (Wildman–Crippen LogP) is 4.87. The molecule has 4 rings (SSSR count). The van der Waals surface area contributed by atoms with Crippen molar-refractivity contribution in [2.45, 2.75) is 31.6 Å². The molecule has 1 amide bonds. The third-order valence-electron chi connectivity index (χ3n) is 6.12. The first kappa shape index (κ1) is 30.0. The number of rotatable bonds is 7. The lowest BCUT2D eigenvalue weighted by Gasteiger charge is -2.32. The van der Waals surface area contributed by atoms with Crippen LogP contribution in [0.2, 0.25) is 0 Å². The Labute approximate surface area is 228 Å². The van der Waals surface area contributed by atoms with Crippen LogP contribution in [0.3, 0.4) is 0 Å². The Hall–Kier alpha value is -4.51. The summed E-state index contributed by atoms with van der Waals surface area (Å²) in [4.78, 5) is 38.6. The highest BCUT2D eigenvalue weighted by atomic mass is 19.4. The summed E-state index contributed by atoms with van der Waals surface area (Å²) in [5.74, 6) is -2.72. The molecule has 0 aliphatic carbocycles. The maximum absolute atomic E-state index is 13.0. The minimum absolute atomic E-state index is 0.0632. The number of pyridine rings is 1. The lowest BCUT2D eigenvalue weighted by molar-refractivity contribution is -0.137. The van der Waals surface area contributed by atoms with Gasteiger partial charge in [0.25, 0.3) is 5.91 Å². The summed E-state index contributed by atoms with van der Waals surface area (Å²) in [5.41, 5.74) is 2.12. The molecule has 40 heavy (non-hydrogen) atoms. The first-order valence-electron chi connectivity index (χ1n) is 12.4. The fourth-order valence-electron chi connectivity index (χ4n) is 4.16. The molecule has 0 radical (unpaired) electrons. The lowest BCUT2D eigenvalue weighted by Crippen LogP contribution is -2.44. The summed E-state index contributed by atoms with van der Waals surface area (Å²) in [6.45, 7) is 2.59. The number of halogens is 3. The number of carboxylic acids is 2. The van der Waals surface area contributed by atoms with Gasteiger partial charge < -0.3 is 15.5 Å². The number of carbonyl (C=O) groups is 3. The molecule has 3 N–H and O–H groups in total. The molecule has 1 aliphatic heterocycles. The lowest BCUT2D eigenvalue weighted by atomic mass is 9.97. The van der Waals surface area contributed by atoms with Crippen molar-refractivity contribution in [3.8, 4) is 11.1 Å². The van der Waals surface area contributed by atoms with Gasteiger partial charge in [0.2, 0.25) is 0 Å². The van der Waals surface area contributed by atoms with Crippen molar-refractivity contribution >= 4 is 17.8 Å². The second-order valence-corrected chi connectivity index (χ2v) is 9.02. The number of nitrogens with zero attached hydrogens (tertiary/aromatic N) is 2. The highest BCUT2D eigenvalue weighted by molar-refractivity contribution is 6.01. The van der Waals surface area contributed by atoms with E-state index in [0.717, 1.165) is 44.6 Å². The molecule has 0 bridgehead atoms. The summed E-state index contributed by atoms with van der Waals surface area (Å²) in [7, 11) is 0. The second-order valence-electron chi connectivity index (χ2n) is 9.02. The quantitative estimate of drug-likeness (QED) is 0.356. The molecule has 2 heterocycles. The Kier molecular flexibility index (Phi) is 10.5. The zero-order valence-electron chi connectivity index (χ0n) is 21.3. The van der Waals surface area contributed by atoms with E-state index < -0.39 is 23.7 Å². The number of carboxylic acid groups (broad SMARTS) is 2. The standard InChI is InChI=1S/C25H24F3N3O.C4H4O4/c26-25(27,28)20-9-7-19(8-10-20)22-5-1-2-6-23(22)24(32)30-21-11-14-31(15-12-21)17-18-4-3-13-29-16-18;5-3(6)1-2-4(7)8/h1-10,13,16,21H,11-12,14-15,17H2,(H,30,32);1-2H,(H,5,6)(H,7,8). The fourth-order valence-corrected chi connectivity index (χ4v) is 4.16. The first-order chi connectivity index (χ1) is 19.0. The summed E-state index contributed by atoms with van der Waals surface area (Å²) >= 11 is 0. The van der Waals surface area contributed by atoms with Crippen LogP contribution >= 0.6 is 0 Å². The first-order valence-corrected chi connectivity index (χ1v) is 12.4. The summed E-state index contributed by atoms with van der Waals surface area (Å²) in [6, 6.07) is 16.0. The van der Waals surface area contributed by atoms with E-state index in [4.69, 9.17) is 10.2 Å². The zero-order valence-corrected chi connectivity index (χ0v) is 21.3. The van der Waals surface area contributed by atoms with Crippen molar-refractivity contribution < 1.29 is 37.8 Å². The van der Waals surface area contributed by atoms with Crippen LogP contribution in [0.4, 0.5) is 13.2 Å². The molecule has 210 valence electrons. The Balaban J connectivity index is 0.000000482. The molecule has 2 aromatic carbocycles. The molecular formula is C29H28F3N3O5. The number of aromatic nitrogens is 1. The molecule has 11 heteroatoms. The molecule has 1 fully saturated rings. The normalized spacial score (nSPS) is 14.3. The van der Waals surface area contributed by atoms with Crippen LogP contribution in [-0.2, 0) is 22.3 Å². The number of piperidine rings is 1. The van der Waals surface area contributed by atoms with Crippen LogP contribution in [0.1, 0.15) is 34.3 Å². The third kappa shape index (κ3) is 9.35. The van der Waals surface area contributed by atoms with Crippen LogP contribution in [0, 0.1) is 0 Å². The van der Waals surface area contributed by atoms with E-state index in [-0.39, 0.29) is 11.9 Å². The van der Waals surface area contributed by atoms with E-state index in [2.05, 4.69) is 21.3 Å². The Morgan fingerprint density at radius 2 is 1.55 bits per heavy atom. The maximum atomic E-state index is 13.0. The molecular weight excluding hydrogens is 527 g/mol. The molecule has 0 atom stereocenters. The summed E-state index contributed by atoms with van der Waals surface area (Å²) in [6.07, 6.45) is 2.04. The van der Waals surface area contributed by atoms with Crippen molar-refractivity contribution in [2.75, 3.05) is 13.1 Å². The van der Waals surface area contributed by atoms with Crippen molar-refractivity contribution in [1.82, 2.24) is 15.2 Å². The number of amides is 1. The van der Waals surface area contributed by atoms with Gasteiger partial charge in [-0.05, 0) is 53.8 Å². The third-order valence-corrected chi connectivity index (χ3v) is 6.12. The smallest absolute Gasteiger partial charge is 0.416 e. The van der Waals surface area contributed by atoms with Gasteiger partial charge in [-0.25, -0.2) is 9.59 Å². The van der Waals surface area contributed by atoms with Gasteiger partial charge in [0.15, 0.2) is 0 Å². The number of hydrogen-bond acceptors (Lipinski definition) is 5. The van der Waals surface area contributed by atoms with Gasteiger partial charge in [-0.15, -0.1) is 0 Å². The monoisotopic (exact) mass is 555 g/mol. The van der Waals surface area contributed by atoms with Crippen molar-refractivity contribution in [3.05, 3.63) is 102 Å². The van der Waals surface area contributed by atoms with E-state index in [1.165, 1.54) is 17.7 Å². The number of alkyl halides is 3. The Morgan fingerprint density at radius 3 is 2.10 bits per heavy atom. The number of aliphatic carboxylic acids is 2. The largest absolute Gasteiger partial charge is 0.478 e. The van der Waals surface area contributed by atoms with Crippen molar-refractivity contribution in [1.29, 1.82) is 0 Å². The average molecular weight is 556 g/mol. The van der Waals surface area contributed by atoms with Crippen LogP contribution in [0.5, 0.6) is 0 Å². The highest BCUT2D eigenvalue weighted by Gasteiger charge is 2.30. The van der Waals surface area contributed by atoms with E-state index >= 15 is 0 Å². The average Bonchev–Trinajstić information content (AvgIpc) is 2.93. The Bertz CT molecular complexity index is 1300. The minimum Gasteiger partial charge on any atom is -0.478 e. The van der Waals surface area contributed by atoms with Gasteiger partial charge in [0.05, 0.1) is 5.56 Å². The predicted molar refractivity (Wildman–Crippen MR) is 141 cm³/mol. The molecule has 8 nitrogen and oxygen atoms in total. The van der Waals surface area contributed by atoms with Crippen molar-refractivity contribution in [3.63, 3.8) is 0 Å². The number of nitrogens with one attached hydrogen (secondary N) is 1. The van der Waals surface area contributed by atoms with Crippen LogP contribution in [0.25, 0.3) is 11.1 Å². The summed E-state index contributed by atoms with van der Waals surface area (Å²) in [5, 5.41) is 18.7. The van der Waals surface area contributed by atoms with Gasteiger partial charge in [-0.2, -0.15) is 13.2 Å². The van der Waals surface area contributed by atoms with Gasteiger partial charge in [0, 0.05) is 55.8 Å².